The summed E-state index contributed by atoms with van der Waals surface area (Å²) in [7, 11) is 0. The third-order valence-electron chi connectivity index (χ3n) is 7.56. The lowest BCUT2D eigenvalue weighted by molar-refractivity contribution is -0.0268. The molecule has 1 N–H and O–H groups in total. The number of hydrogen-bond acceptors (Lipinski definition) is 1. The maximum absolute atomic E-state index is 10.0. The van der Waals surface area contributed by atoms with Crippen LogP contribution < -0.4 is 0 Å². The number of aliphatic hydroxyl groups excluding tert-OH is 1. The lowest BCUT2D eigenvalue weighted by Crippen LogP contribution is -2.49. The molecule has 1 nitrogen and oxygen atoms in total. The third kappa shape index (κ3) is 2.67. The van der Waals surface area contributed by atoms with Gasteiger partial charge in [0.1, 0.15) is 0 Å². The van der Waals surface area contributed by atoms with E-state index in [0.29, 0.717) is 10.8 Å². The van der Waals surface area contributed by atoms with Crippen molar-refractivity contribution in [1.82, 2.24) is 0 Å². The molecule has 0 amide bonds. The summed E-state index contributed by atoms with van der Waals surface area (Å²) in [6.45, 7) is 9.03. The molecular formula is C21H33IO. The number of hydrogen-bond donors (Lipinski definition) is 1. The molecule has 0 saturated heterocycles. The predicted octanol–water partition coefficient (Wildman–Crippen LogP) is 6.27. The normalized spacial score (nSPS) is 48.1. The maximum atomic E-state index is 10.0. The Kier molecular flexibility index (Phi) is 5.06. The molecule has 6 atom stereocenters. The second kappa shape index (κ2) is 6.48. The van der Waals surface area contributed by atoms with Crippen LogP contribution in [0.15, 0.2) is 21.3 Å². The predicted molar refractivity (Wildman–Crippen MR) is 107 cm³/mol. The van der Waals surface area contributed by atoms with Gasteiger partial charge < -0.3 is 5.11 Å². The topological polar surface area (TPSA) is 20.2 Å². The zero-order chi connectivity index (χ0) is 16.8. The molecule has 0 aromatic rings. The van der Waals surface area contributed by atoms with E-state index < -0.39 is 0 Å². The van der Waals surface area contributed by atoms with Gasteiger partial charge in [-0.15, -0.1) is 0 Å². The molecule has 4 aliphatic rings. The summed E-state index contributed by atoms with van der Waals surface area (Å²) in [6, 6.07) is 0. The number of halogens is 1. The Hall–Kier alpha value is 0.170. The molecule has 0 bridgehead atoms. The highest BCUT2D eigenvalue weighted by Gasteiger charge is 2.56. The van der Waals surface area contributed by atoms with Gasteiger partial charge in [-0.3, -0.25) is 0 Å². The van der Waals surface area contributed by atoms with Crippen LogP contribution >= 0.6 is 22.6 Å². The smallest absolute Gasteiger partial charge is 0.0577 e. The van der Waals surface area contributed by atoms with Crippen molar-refractivity contribution in [3.8, 4) is 0 Å². The number of rotatable bonds is 0. The molecular weight excluding hydrogens is 395 g/mol. The lowest BCUT2D eigenvalue weighted by atomic mass is 9.48. The molecule has 2 fully saturated rings. The average Bonchev–Trinajstić information content (AvgIpc) is 2.86. The van der Waals surface area contributed by atoms with E-state index in [1.54, 1.807) is 9.15 Å². The minimum absolute atomic E-state index is 0.0798. The highest BCUT2D eigenvalue weighted by molar-refractivity contribution is 14.1. The highest BCUT2D eigenvalue weighted by Crippen LogP contribution is 2.65. The van der Waals surface area contributed by atoms with E-state index in [1.807, 2.05) is 13.8 Å². The molecule has 0 aliphatic heterocycles. The number of aliphatic hydroxyl groups is 1. The number of fused-ring (bicyclic) bond motifs is 5. The van der Waals surface area contributed by atoms with Crippen molar-refractivity contribution in [3.05, 3.63) is 21.3 Å². The van der Waals surface area contributed by atoms with E-state index in [1.165, 1.54) is 32.1 Å². The molecule has 5 unspecified atom stereocenters. The summed E-state index contributed by atoms with van der Waals surface area (Å²) in [5, 5.41) is 10.0. The highest BCUT2D eigenvalue weighted by atomic mass is 127. The molecule has 0 aromatic heterocycles. The average molecular weight is 428 g/mol. The molecule has 23 heavy (non-hydrogen) atoms. The Bertz CT molecular complexity index is 522. The molecule has 0 heterocycles. The van der Waals surface area contributed by atoms with Crippen molar-refractivity contribution in [2.75, 3.05) is 0 Å². The molecule has 130 valence electrons. The van der Waals surface area contributed by atoms with Crippen molar-refractivity contribution < 1.29 is 5.11 Å². The fourth-order valence-electron chi connectivity index (χ4n) is 6.16. The Labute approximate surface area is 156 Å². The van der Waals surface area contributed by atoms with Gasteiger partial charge >= 0.3 is 0 Å². The molecule has 2 heteroatoms. The third-order valence-corrected chi connectivity index (χ3v) is 9.24. The van der Waals surface area contributed by atoms with Crippen LogP contribution in [-0.2, 0) is 0 Å². The second-order valence-electron chi connectivity index (χ2n) is 8.40. The maximum Gasteiger partial charge on any atom is 0.0577 e. The van der Waals surface area contributed by atoms with E-state index in [4.69, 9.17) is 0 Å². The van der Waals surface area contributed by atoms with E-state index in [0.717, 1.165) is 30.6 Å². The molecule has 4 rings (SSSR count). The summed E-state index contributed by atoms with van der Waals surface area (Å²) >= 11 is 2.60. The molecule has 0 radical (unpaired) electrons. The Morgan fingerprint density at radius 2 is 1.70 bits per heavy atom. The number of allylic oxidation sites excluding steroid dienone is 3. The first kappa shape index (κ1) is 18.0. The molecule has 4 aliphatic carbocycles. The van der Waals surface area contributed by atoms with Crippen LogP contribution in [0, 0.1) is 28.6 Å². The summed E-state index contributed by atoms with van der Waals surface area (Å²) in [5.74, 6) is 2.60. The van der Waals surface area contributed by atoms with Gasteiger partial charge in [0.05, 0.1) is 6.10 Å². The van der Waals surface area contributed by atoms with Crippen LogP contribution in [0.2, 0.25) is 0 Å². The molecule has 2 saturated carbocycles. The van der Waals surface area contributed by atoms with Gasteiger partial charge in [-0.1, -0.05) is 45.4 Å². The standard InChI is InChI=1S/C19H27IO.C2H6/c1-18-9-7-13(21)11-12(18)3-4-14-15-5-6-17(20)19(15,2)10-8-16(14)18;1-2/h3,6,13-16,21H,4-5,7-11H2,1-2H3;1-2H3/t13?,14?,15?,16?,18-,19?;/m0./s1. The quantitative estimate of drug-likeness (QED) is 0.356. The van der Waals surface area contributed by atoms with Gasteiger partial charge in [-0.05, 0) is 94.3 Å². The van der Waals surface area contributed by atoms with E-state index in [-0.39, 0.29) is 6.10 Å². The molecule has 0 aromatic carbocycles. The Balaban J connectivity index is 0.000000753. The first-order valence-electron chi connectivity index (χ1n) is 9.69. The zero-order valence-corrected chi connectivity index (χ0v) is 17.4. The van der Waals surface area contributed by atoms with Crippen molar-refractivity contribution in [3.63, 3.8) is 0 Å². The minimum Gasteiger partial charge on any atom is -0.393 e. The summed E-state index contributed by atoms with van der Waals surface area (Å²) in [4.78, 5) is 0. The summed E-state index contributed by atoms with van der Waals surface area (Å²) in [6.07, 6.45) is 13.4. The van der Waals surface area contributed by atoms with Crippen molar-refractivity contribution in [2.24, 2.45) is 28.6 Å². The van der Waals surface area contributed by atoms with Crippen LogP contribution in [0.3, 0.4) is 0 Å². The van der Waals surface area contributed by atoms with E-state index in [9.17, 15) is 5.11 Å². The van der Waals surface area contributed by atoms with Crippen LogP contribution in [0.5, 0.6) is 0 Å². The SMILES string of the molecule is CC.CC12CCC3C(CC=C4CC(O)CC[C@@]43C)C1CC=C2I. The van der Waals surface area contributed by atoms with Crippen molar-refractivity contribution in [1.29, 1.82) is 0 Å². The lowest BCUT2D eigenvalue weighted by Gasteiger charge is -2.57. The zero-order valence-electron chi connectivity index (χ0n) is 15.2. The Morgan fingerprint density at radius 3 is 2.43 bits per heavy atom. The summed E-state index contributed by atoms with van der Waals surface area (Å²) in [5.41, 5.74) is 2.45. The fraction of sp³-hybridized carbons (Fsp3) is 0.810. The van der Waals surface area contributed by atoms with Crippen LogP contribution in [-0.4, -0.2) is 11.2 Å². The monoisotopic (exact) mass is 428 g/mol. The van der Waals surface area contributed by atoms with Gasteiger partial charge in [-0.25, -0.2) is 0 Å². The van der Waals surface area contributed by atoms with E-state index in [2.05, 4.69) is 48.6 Å². The van der Waals surface area contributed by atoms with Crippen molar-refractivity contribution >= 4 is 22.6 Å². The Morgan fingerprint density at radius 1 is 1.00 bits per heavy atom. The van der Waals surface area contributed by atoms with Crippen molar-refractivity contribution in [2.45, 2.75) is 78.7 Å². The van der Waals surface area contributed by atoms with Crippen LogP contribution in [0.4, 0.5) is 0 Å². The van der Waals surface area contributed by atoms with Gasteiger partial charge in [-0.2, -0.15) is 0 Å². The first-order chi connectivity index (χ1) is 10.9. The van der Waals surface area contributed by atoms with Gasteiger partial charge in [0, 0.05) is 5.41 Å². The molecule has 0 spiro atoms. The van der Waals surface area contributed by atoms with Gasteiger partial charge in [0.2, 0.25) is 0 Å². The minimum atomic E-state index is -0.0798. The van der Waals surface area contributed by atoms with Gasteiger partial charge in [0.15, 0.2) is 0 Å². The van der Waals surface area contributed by atoms with Crippen LogP contribution in [0.25, 0.3) is 0 Å². The first-order valence-corrected chi connectivity index (χ1v) is 10.8. The second-order valence-corrected chi connectivity index (χ2v) is 9.56. The summed E-state index contributed by atoms with van der Waals surface area (Å²) < 4.78 is 1.63. The van der Waals surface area contributed by atoms with Crippen LogP contribution in [0.1, 0.15) is 72.6 Å². The fourth-order valence-corrected chi connectivity index (χ4v) is 7.08. The largest absolute Gasteiger partial charge is 0.393 e. The van der Waals surface area contributed by atoms with E-state index >= 15 is 0 Å². The van der Waals surface area contributed by atoms with Gasteiger partial charge in [0.25, 0.3) is 0 Å².